The van der Waals surface area contributed by atoms with E-state index >= 15 is 0 Å². The Morgan fingerprint density at radius 3 is 2.59 bits per heavy atom. The number of piperidine rings is 1. The monoisotopic (exact) mass is 241 g/mol. The molecular weight excluding hydrogens is 218 g/mol. The molecule has 1 heterocycles. The highest BCUT2D eigenvalue weighted by atomic mass is 16.6. The number of rotatable bonds is 1. The van der Waals surface area contributed by atoms with Gasteiger partial charge in [-0.1, -0.05) is 6.92 Å². The van der Waals surface area contributed by atoms with Crippen molar-refractivity contribution in [3.05, 3.63) is 0 Å². The molecule has 0 spiro atoms. The minimum absolute atomic E-state index is 0.0430. The van der Waals surface area contributed by atoms with Crippen molar-refractivity contribution in [1.82, 2.24) is 4.90 Å². The van der Waals surface area contributed by atoms with Crippen LogP contribution < -0.4 is 0 Å². The fourth-order valence-corrected chi connectivity index (χ4v) is 3.31. The van der Waals surface area contributed by atoms with Crippen molar-refractivity contribution in [2.24, 2.45) is 11.8 Å². The van der Waals surface area contributed by atoms with Crippen LogP contribution in [0.1, 0.15) is 40.5 Å². The number of carbonyl (C=O) groups excluding carboxylic acids is 1. The quantitative estimate of drug-likeness (QED) is 0.764. The van der Waals surface area contributed by atoms with Crippen LogP contribution in [0.5, 0.6) is 0 Å². The lowest BCUT2D eigenvalue weighted by Gasteiger charge is -2.37. The van der Waals surface area contributed by atoms with Gasteiger partial charge in [0, 0.05) is 6.04 Å². The Bertz CT molecular complexity index is 310. The molecule has 0 aromatic carbocycles. The molecule has 1 aliphatic carbocycles. The third-order valence-corrected chi connectivity index (χ3v) is 3.96. The predicted octanol–water partition coefficient (Wildman–Crippen LogP) is 2.01. The molecule has 0 radical (unpaired) electrons. The number of aliphatic hydroxyl groups excluding tert-OH is 1. The van der Waals surface area contributed by atoms with Gasteiger partial charge in [0.2, 0.25) is 0 Å². The molecule has 0 aromatic heterocycles. The number of carbonyl (C=O) groups is 1. The summed E-state index contributed by atoms with van der Waals surface area (Å²) >= 11 is 0. The summed E-state index contributed by atoms with van der Waals surface area (Å²) in [6.07, 6.45) is 1.79. The van der Waals surface area contributed by atoms with Crippen molar-refractivity contribution in [2.75, 3.05) is 6.61 Å². The molecule has 98 valence electrons. The van der Waals surface area contributed by atoms with E-state index in [1.165, 1.54) is 0 Å². The maximum absolute atomic E-state index is 12.1. The van der Waals surface area contributed by atoms with Crippen molar-refractivity contribution in [1.29, 1.82) is 0 Å². The van der Waals surface area contributed by atoms with Crippen molar-refractivity contribution < 1.29 is 14.6 Å². The van der Waals surface area contributed by atoms with Gasteiger partial charge < -0.3 is 9.84 Å². The lowest BCUT2D eigenvalue weighted by Crippen LogP contribution is -2.50. The van der Waals surface area contributed by atoms with Gasteiger partial charge >= 0.3 is 6.09 Å². The van der Waals surface area contributed by atoms with Gasteiger partial charge in [-0.3, -0.25) is 4.90 Å². The Balaban J connectivity index is 2.09. The summed E-state index contributed by atoms with van der Waals surface area (Å²) in [4.78, 5) is 13.9. The van der Waals surface area contributed by atoms with Crippen LogP contribution in [0.3, 0.4) is 0 Å². The minimum Gasteiger partial charge on any atom is -0.444 e. The molecule has 4 nitrogen and oxygen atoms in total. The first kappa shape index (κ1) is 12.7. The van der Waals surface area contributed by atoms with E-state index in [0.717, 1.165) is 12.8 Å². The highest BCUT2D eigenvalue weighted by Crippen LogP contribution is 2.46. The average Bonchev–Trinajstić information content (AvgIpc) is 2.69. The Hall–Kier alpha value is -0.770. The van der Waals surface area contributed by atoms with Crippen molar-refractivity contribution in [3.8, 4) is 0 Å². The van der Waals surface area contributed by atoms with Crippen LogP contribution in [0, 0.1) is 11.8 Å². The number of fused-ring (bicyclic) bond motifs is 2. The van der Waals surface area contributed by atoms with Crippen LogP contribution in [0.15, 0.2) is 0 Å². The van der Waals surface area contributed by atoms with E-state index in [1.807, 2.05) is 20.8 Å². The Morgan fingerprint density at radius 1 is 1.41 bits per heavy atom. The van der Waals surface area contributed by atoms with Crippen molar-refractivity contribution in [2.45, 2.75) is 58.2 Å². The second-order valence-corrected chi connectivity index (χ2v) is 6.40. The Morgan fingerprint density at radius 2 is 2.06 bits per heavy atom. The van der Waals surface area contributed by atoms with E-state index in [2.05, 4.69) is 6.92 Å². The summed E-state index contributed by atoms with van der Waals surface area (Å²) in [5, 5.41) is 9.47. The summed E-state index contributed by atoms with van der Waals surface area (Å²) < 4.78 is 5.42. The smallest absolute Gasteiger partial charge is 0.410 e. The van der Waals surface area contributed by atoms with Crippen LogP contribution in [-0.2, 0) is 4.74 Å². The van der Waals surface area contributed by atoms with Gasteiger partial charge in [-0.25, -0.2) is 4.79 Å². The van der Waals surface area contributed by atoms with Gasteiger partial charge in [0.05, 0.1) is 12.6 Å². The van der Waals surface area contributed by atoms with E-state index in [9.17, 15) is 9.90 Å². The second kappa shape index (κ2) is 4.16. The molecular formula is C13H23NO3. The molecule has 2 bridgehead atoms. The molecule has 1 aliphatic heterocycles. The summed E-state index contributed by atoms with van der Waals surface area (Å²) in [5.41, 5.74) is -0.468. The Kier molecular flexibility index (Phi) is 3.10. The number of ether oxygens (including phenoxy) is 1. The fraction of sp³-hybridized carbons (Fsp3) is 0.923. The minimum atomic E-state index is -0.468. The molecule has 1 N–H and O–H groups in total. The van der Waals surface area contributed by atoms with E-state index in [0.29, 0.717) is 11.8 Å². The Labute approximate surface area is 103 Å². The molecule has 1 saturated carbocycles. The molecule has 4 atom stereocenters. The number of nitrogens with zero attached hydrogens (tertiary/aromatic N) is 1. The molecule has 1 saturated heterocycles. The van der Waals surface area contributed by atoms with Crippen LogP contribution in [0.4, 0.5) is 4.79 Å². The van der Waals surface area contributed by atoms with Gasteiger partial charge in [0.1, 0.15) is 5.60 Å². The zero-order valence-electron chi connectivity index (χ0n) is 11.1. The predicted molar refractivity (Wildman–Crippen MR) is 64.6 cm³/mol. The SMILES string of the molecule is CC1CC2CC1C(CO)N2C(=O)OC(C)(C)C. The van der Waals surface area contributed by atoms with Crippen LogP contribution in [-0.4, -0.2) is 40.4 Å². The standard InChI is InChI=1S/C13H23NO3/c1-8-5-9-6-10(8)11(7-15)14(9)12(16)17-13(2,3)4/h8-11,15H,5-7H2,1-4H3. The molecule has 2 fully saturated rings. The fourth-order valence-electron chi connectivity index (χ4n) is 3.31. The van der Waals surface area contributed by atoms with Gasteiger partial charge in [-0.15, -0.1) is 0 Å². The van der Waals surface area contributed by atoms with Crippen LogP contribution >= 0.6 is 0 Å². The third-order valence-electron chi connectivity index (χ3n) is 3.96. The second-order valence-electron chi connectivity index (χ2n) is 6.40. The maximum atomic E-state index is 12.1. The molecule has 4 unspecified atom stereocenters. The van der Waals surface area contributed by atoms with E-state index in [1.54, 1.807) is 4.90 Å². The number of hydrogen-bond acceptors (Lipinski definition) is 3. The summed E-state index contributed by atoms with van der Waals surface area (Å²) in [5.74, 6) is 1.05. The number of likely N-dealkylation sites (tertiary alicyclic amines) is 1. The van der Waals surface area contributed by atoms with E-state index < -0.39 is 5.60 Å². The summed E-state index contributed by atoms with van der Waals surface area (Å²) in [7, 11) is 0. The zero-order chi connectivity index (χ0) is 12.8. The molecule has 2 aliphatic rings. The van der Waals surface area contributed by atoms with Gasteiger partial charge in [0.25, 0.3) is 0 Å². The topological polar surface area (TPSA) is 49.8 Å². The molecule has 2 rings (SSSR count). The maximum Gasteiger partial charge on any atom is 0.410 e. The normalized spacial score (nSPS) is 36.4. The average molecular weight is 241 g/mol. The summed E-state index contributed by atoms with van der Waals surface area (Å²) in [6, 6.07) is 0.223. The molecule has 17 heavy (non-hydrogen) atoms. The van der Waals surface area contributed by atoms with Crippen molar-refractivity contribution >= 4 is 6.09 Å². The molecule has 0 aromatic rings. The first-order chi connectivity index (χ1) is 7.83. The lowest BCUT2D eigenvalue weighted by atomic mass is 9.90. The molecule has 4 heteroatoms. The highest BCUT2D eigenvalue weighted by molar-refractivity contribution is 5.70. The van der Waals surface area contributed by atoms with Crippen LogP contribution in [0.25, 0.3) is 0 Å². The first-order valence-electron chi connectivity index (χ1n) is 6.45. The number of hydrogen-bond donors (Lipinski definition) is 1. The van der Waals surface area contributed by atoms with Crippen LogP contribution in [0.2, 0.25) is 0 Å². The van der Waals surface area contributed by atoms with E-state index in [4.69, 9.17) is 4.74 Å². The van der Waals surface area contributed by atoms with Gasteiger partial charge in [0.15, 0.2) is 0 Å². The van der Waals surface area contributed by atoms with Gasteiger partial charge in [-0.05, 0) is 45.4 Å². The highest BCUT2D eigenvalue weighted by Gasteiger charge is 2.52. The number of aliphatic hydroxyl groups is 1. The third kappa shape index (κ3) is 2.28. The molecule has 1 amide bonds. The van der Waals surface area contributed by atoms with Gasteiger partial charge in [-0.2, -0.15) is 0 Å². The lowest BCUT2D eigenvalue weighted by molar-refractivity contribution is -0.00591. The first-order valence-corrected chi connectivity index (χ1v) is 6.45. The largest absolute Gasteiger partial charge is 0.444 e. The van der Waals surface area contributed by atoms with Crippen molar-refractivity contribution in [3.63, 3.8) is 0 Å². The number of amides is 1. The zero-order valence-corrected chi connectivity index (χ0v) is 11.1. The van der Waals surface area contributed by atoms with E-state index in [-0.39, 0.29) is 24.8 Å². The summed E-state index contributed by atoms with van der Waals surface area (Å²) in [6.45, 7) is 7.87.